The first kappa shape index (κ1) is 22.4. The number of aromatic amines is 1. The van der Waals surface area contributed by atoms with Crippen molar-refractivity contribution in [2.24, 2.45) is 0 Å². The Balaban J connectivity index is 1.32. The minimum atomic E-state index is -3.81. The fraction of sp³-hybridized carbons (Fsp3) is 0.273. The topological polar surface area (TPSA) is 157 Å². The van der Waals surface area contributed by atoms with Crippen LogP contribution in [-0.4, -0.2) is 52.2 Å². The van der Waals surface area contributed by atoms with E-state index in [9.17, 15) is 13.5 Å². The van der Waals surface area contributed by atoms with Gasteiger partial charge in [-0.05, 0) is 31.0 Å². The third-order valence-corrected chi connectivity index (χ3v) is 8.03. The second kappa shape index (κ2) is 9.11. The van der Waals surface area contributed by atoms with Crippen LogP contribution in [0.2, 0.25) is 0 Å². The zero-order valence-corrected chi connectivity index (χ0v) is 19.5. The third-order valence-electron chi connectivity index (χ3n) is 5.68. The Morgan fingerprint density at radius 2 is 2.12 bits per heavy atom. The minimum absolute atomic E-state index is 0.0407. The fourth-order valence-corrected chi connectivity index (χ4v) is 6.03. The lowest BCUT2D eigenvalue weighted by molar-refractivity contribution is 0.298. The van der Waals surface area contributed by atoms with E-state index in [1.54, 1.807) is 6.20 Å². The molecule has 4 heterocycles. The molecule has 0 saturated heterocycles. The van der Waals surface area contributed by atoms with Gasteiger partial charge in [0.25, 0.3) is 10.0 Å². The number of nitrogens with zero attached hydrogens (tertiary/aromatic N) is 4. The highest BCUT2D eigenvalue weighted by atomic mass is 32.2. The molecule has 0 amide bonds. The Kier molecular flexibility index (Phi) is 6.01. The number of nitrogens with one attached hydrogen (secondary N) is 3. The molecule has 1 aliphatic carbocycles. The van der Waals surface area contributed by atoms with Crippen LogP contribution in [-0.2, 0) is 16.4 Å². The first-order valence-corrected chi connectivity index (χ1v) is 13.0. The number of thiazole rings is 1. The third kappa shape index (κ3) is 4.38. The lowest BCUT2D eigenvalue weighted by Crippen LogP contribution is -2.49. The van der Waals surface area contributed by atoms with Gasteiger partial charge in [0.1, 0.15) is 10.7 Å². The molecule has 0 aromatic carbocycles. The number of sulfonamides is 1. The van der Waals surface area contributed by atoms with Gasteiger partial charge in [-0.15, -0.1) is 11.3 Å². The number of hydrogen-bond donors (Lipinski definition) is 4. The van der Waals surface area contributed by atoms with Gasteiger partial charge in [-0.1, -0.05) is 0 Å². The van der Waals surface area contributed by atoms with Crippen molar-refractivity contribution < 1.29 is 13.5 Å². The van der Waals surface area contributed by atoms with E-state index in [0.717, 1.165) is 33.0 Å². The van der Waals surface area contributed by atoms with Crippen LogP contribution in [0.4, 0.5) is 5.69 Å². The number of aliphatic hydroxyl groups excluding tert-OH is 1. The summed E-state index contributed by atoms with van der Waals surface area (Å²) in [5.74, 6) is 0. The predicted molar refractivity (Wildman–Crippen MR) is 128 cm³/mol. The highest BCUT2D eigenvalue weighted by molar-refractivity contribution is 7.89. The van der Waals surface area contributed by atoms with Gasteiger partial charge in [0.2, 0.25) is 0 Å². The number of fused-ring (bicyclic) bond motifs is 1. The summed E-state index contributed by atoms with van der Waals surface area (Å²) < 4.78 is 28.0. The van der Waals surface area contributed by atoms with Gasteiger partial charge in [0.15, 0.2) is 5.03 Å². The second-order valence-corrected chi connectivity index (χ2v) is 10.5. The van der Waals surface area contributed by atoms with E-state index in [0.29, 0.717) is 19.3 Å². The van der Waals surface area contributed by atoms with Crippen LogP contribution >= 0.6 is 11.3 Å². The summed E-state index contributed by atoms with van der Waals surface area (Å²) in [6.45, 7) is 0.0407. The molecule has 1 fully saturated rings. The summed E-state index contributed by atoms with van der Waals surface area (Å²) in [4.78, 5) is 16.1. The smallest absolute Gasteiger partial charge is 0.258 e. The van der Waals surface area contributed by atoms with E-state index >= 15 is 0 Å². The predicted octanol–water partition coefficient (Wildman–Crippen LogP) is 2.41. The SMILES string of the molecule is N#Cc1ccnc(S(=O)(=O)N[C@H]2C[C@@H](Nc3c(-c4nc(CCO)cs4)cnc4[nH]ccc34)C2)c1. The first-order chi connectivity index (χ1) is 16.5. The molecule has 0 aliphatic heterocycles. The lowest BCUT2D eigenvalue weighted by atomic mass is 9.87. The molecule has 174 valence electrons. The lowest BCUT2D eigenvalue weighted by Gasteiger charge is -2.37. The largest absolute Gasteiger partial charge is 0.396 e. The summed E-state index contributed by atoms with van der Waals surface area (Å²) in [6.07, 6.45) is 6.60. The number of hydrogen-bond acceptors (Lipinski definition) is 9. The molecule has 0 atom stereocenters. The molecule has 4 aromatic heterocycles. The van der Waals surface area contributed by atoms with Crippen LogP contribution in [0.5, 0.6) is 0 Å². The summed E-state index contributed by atoms with van der Waals surface area (Å²) >= 11 is 1.50. The number of aromatic nitrogens is 4. The van der Waals surface area contributed by atoms with Crippen molar-refractivity contribution in [3.05, 3.63) is 53.4 Å². The Bertz CT molecular complexity index is 1480. The van der Waals surface area contributed by atoms with Crippen molar-refractivity contribution >= 4 is 38.1 Å². The molecule has 4 aromatic rings. The van der Waals surface area contributed by atoms with Crippen molar-refractivity contribution in [3.8, 4) is 16.6 Å². The molecule has 0 unspecified atom stereocenters. The van der Waals surface area contributed by atoms with Crippen LogP contribution < -0.4 is 10.0 Å². The van der Waals surface area contributed by atoms with E-state index < -0.39 is 10.0 Å². The van der Waals surface area contributed by atoms with Gasteiger partial charge in [-0.2, -0.15) is 5.26 Å². The highest BCUT2D eigenvalue weighted by Gasteiger charge is 2.34. The molecule has 5 rings (SSSR count). The van der Waals surface area contributed by atoms with Crippen molar-refractivity contribution in [2.75, 3.05) is 11.9 Å². The number of anilines is 1. The second-order valence-electron chi connectivity index (χ2n) is 8.03. The highest BCUT2D eigenvalue weighted by Crippen LogP contribution is 2.37. The van der Waals surface area contributed by atoms with Crippen molar-refractivity contribution in [3.63, 3.8) is 0 Å². The fourth-order valence-electron chi connectivity index (χ4n) is 3.93. The maximum absolute atomic E-state index is 12.7. The normalized spacial score (nSPS) is 17.9. The first-order valence-electron chi connectivity index (χ1n) is 10.6. The van der Waals surface area contributed by atoms with E-state index in [4.69, 9.17) is 5.26 Å². The summed E-state index contributed by atoms with van der Waals surface area (Å²) in [5.41, 5.74) is 3.58. The van der Waals surface area contributed by atoms with Gasteiger partial charge in [0.05, 0.1) is 28.6 Å². The maximum atomic E-state index is 12.7. The monoisotopic (exact) mass is 495 g/mol. The maximum Gasteiger partial charge on any atom is 0.258 e. The van der Waals surface area contributed by atoms with Crippen LogP contribution in [0.25, 0.3) is 21.6 Å². The van der Waals surface area contributed by atoms with E-state index in [1.165, 1.54) is 29.7 Å². The Morgan fingerprint density at radius 3 is 2.91 bits per heavy atom. The number of nitriles is 1. The molecular formula is C22H21N7O3S2. The molecule has 12 heteroatoms. The molecule has 10 nitrogen and oxygen atoms in total. The molecule has 0 spiro atoms. The van der Waals surface area contributed by atoms with E-state index in [2.05, 4.69) is 30.0 Å². The van der Waals surface area contributed by atoms with Crippen molar-refractivity contribution in [1.29, 1.82) is 5.26 Å². The molecule has 0 radical (unpaired) electrons. The average Bonchev–Trinajstić information content (AvgIpc) is 3.47. The number of rotatable bonds is 8. The zero-order chi connectivity index (χ0) is 23.7. The number of aliphatic hydroxyl groups is 1. The van der Waals surface area contributed by atoms with Crippen molar-refractivity contribution in [1.82, 2.24) is 24.7 Å². The van der Waals surface area contributed by atoms with Crippen LogP contribution in [0.1, 0.15) is 24.1 Å². The minimum Gasteiger partial charge on any atom is -0.396 e. The van der Waals surface area contributed by atoms with Crippen molar-refractivity contribution in [2.45, 2.75) is 36.4 Å². The Labute approximate surface area is 199 Å². The van der Waals surface area contributed by atoms with Crippen LogP contribution in [0, 0.1) is 11.3 Å². The van der Waals surface area contributed by atoms with Gasteiger partial charge in [0, 0.05) is 54.5 Å². The summed E-state index contributed by atoms with van der Waals surface area (Å²) in [5, 5.41) is 25.3. The van der Waals surface area contributed by atoms with Gasteiger partial charge < -0.3 is 15.4 Å². The molecular weight excluding hydrogens is 474 g/mol. The van der Waals surface area contributed by atoms with Crippen LogP contribution in [0.15, 0.2) is 47.2 Å². The molecule has 1 saturated carbocycles. The molecule has 1 aliphatic rings. The number of H-pyrrole nitrogens is 1. The standard InChI is InChI=1S/C22H21N7O3S2/c23-10-13-1-4-24-19(7-13)34(31,32)29-16-8-15(9-16)27-20-17-2-5-25-21(17)26-11-18(20)22-28-14(3-6-30)12-33-22/h1-2,4-5,7,11-12,15-16,29-30H,3,6,8-9H2,(H2,25,26,27)/t15-,16+. The molecule has 0 bridgehead atoms. The van der Waals surface area contributed by atoms with E-state index in [1.807, 2.05) is 23.7 Å². The Hall–Kier alpha value is -3.37. The van der Waals surface area contributed by atoms with Gasteiger partial charge >= 0.3 is 0 Å². The zero-order valence-electron chi connectivity index (χ0n) is 17.9. The summed E-state index contributed by atoms with van der Waals surface area (Å²) in [7, 11) is -3.81. The molecule has 34 heavy (non-hydrogen) atoms. The van der Waals surface area contributed by atoms with Crippen LogP contribution in [0.3, 0.4) is 0 Å². The average molecular weight is 496 g/mol. The number of pyridine rings is 2. The van der Waals surface area contributed by atoms with Gasteiger partial charge in [-0.25, -0.2) is 28.1 Å². The quantitative estimate of drug-likeness (QED) is 0.290. The summed E-state index contributed by atoms with van der Waals surface area (Å²) in [6, 6.07) is 6.42. The molecule has 4 N–H and O–H groups in total. The van der Waals surface area contributed by atoms with Gasteiger partial charge in [-0.3, -0.25) is 0 Å². The Morgan fingerprint density at radius 1 is 1.26 bits per heavy atom. The van der Waals surface area contributed by atoms with E-state index in [-0.39, 0.29) is 29.3 Å².